The number of rotatable bonds is 4. The van der Waals surface area contributed by atoms with Crippen LogP contribution < -0.4 is 0 Å². The Balaban J connectivity index is 2.16. The van der Waals surface area contributed by atoms with Crippen LogP contribution in [0.1, 0.15) is 21.6 Å². The minimum Gasteiger partial charge on any atom is -0.383 e. The Labute approximate surface area is 153 Å². The van der Waals surface area contributed by atoms with Gasteiger partial charge in [0.25, 0.3) is 0 Å². The van der Waals surface area contributed by atoms with E-state index in [4.69, 9.17) is 0 Å². The molecule has 2 heterocycles. The van der Waals surface area contributed by atoms with Crippen molar-refractivity contribution >= 4 is 11.3 Å². The lowest BCUT2D eigenvalue weighted by molar-refractivity contribution is -0.137. The minimum absolute atomic E-state index is 0.287. The summed E-state index contributed by atoms with van der Waals surface area (Å²) in [5.74, 6) is -0.306. The molecule has 0 N–H and O–H groups in total. The van der Waals surface area contributed by atoms with Crippen molar-refractivity contribution in [1.29, 1.82) is 0 Å². The summed E-state index contributed by atoms with van der Waals surface area (Å²) in [6.45, 7) is 1.78. The lowest BCUT2D eigenvalue weighted by Gasteiger charge is -2.07. The number of allylic oxidation sites excluding steroid dienone is 1. The number of hydrogen-bond acceptors (Lipinski definition) is 4. The van der Waals surface area contributed by atoms with Gasteiger partial charge in [-0.25, -0.2) is 0 Å². The average molecular weight is 374 g/mol. The second-order valence-corrected chi connectivity index (χ2v) is 6.29. The molecule has 0 aliphatic rings. The highest BCUT2D eigenvalue weighted by molar-refractivity contribution is 6.13. The summed E-state index contributed by atoms with van der Waals surface area (Å²) < 4.78 is 39.8. The minimum atomic E-state index is -4.43. The summed E-state index contributed by atoms with van der Waals surface area (Å²) in [5.41, 5.74) is 1.42. The Morgan fingerprint density at radius 3 is 2.33 bits per heavy atom. The molecule has 27 heavy (non-hydrogen) atoms. The standard InChI is InChI=1S/C19H17F3N4O/c1-12-4-9-15-17(16(27)10-11-25(2)3)18(24-26(15)23-12)13-5-7-14(8-6-13)19(20,21)22/h4-11H,1-3H3. The fourth-order valence-electron chi connectivity index (χ4n) is 2.59. The summed E-state index contributed by atoms with van der Waals surface area (Å²) in [6.07, 6.45) is -1.43. The predicted molar refractivity (Wildman–Crippen MR) is 95.3 cm³/mol. The molecule has 0 aliphatic heterocycles. The zero-order valence-electron chi connectivity index (χ0n) is 14.9. The third-order valence-corrected chi connectivity index (χ3v) is 3.89. The van der Waals surface area contributed by atoms with Gasteiger partial charge in [-0.2, -0.15) is 22.9 Å². The van der Waals surface area contributed by atoms with Crippen molar-refractivity contribution in [3.8, 4) is 11.3 Å². The highest BCUT2D eigenvalue weighted by Crippen LogP contribution is 2.32. The van der Waals surface area contributed by atoms with Crippen molar-refractivity contribution in [2.75, 3.05) is 14.1 Å². The van der Waals surface area contributed by atoms with Crippen LogP contribution >= 0.6 is 0 Å². The molecule has 8 heteroatoms. The number of benzene rings is 1. The Hall–Kier alpha value is -3.16. The number of fused-ring (bicyclic) bond motifs is 1. The van der Waals surface area contributed by atoms with Gasteiger partial charge in [0.2, 0.25) is 0 Å². The number of hydrogen-bond donors (Lipinski definition) is 0. The van der Waals surface area contributed by atoms with Gasteiger partial charge in [0.15, 0.2) is 5.78 Å². The molecule has 3 rings (SSSR count). The molecule has 0 spiro atoms. The average Bonchev–Trinajstić information content (AvgIpc) is 2.97. The summed E-state index contributed by atoms with van der Waals surface area (Å²) in [6, 6.07) is 8.04. The van der Waals surface area contributed by atoms with Crippen LogP contribution in [0.15, 0.2) is 48.7 Å². The van der Waals surface area contributed by atoms with Crippen molar-refractivity contribution in [2.45, 2.75) is 13.1 Å². The molecule has 3 aromatic rings. The summed E-state index contributed by atoms with van der Waals surface area (Å²) in [7, 11) is 3.56. The van der Waals surface area contributed by atoms with E-state index >= 15 is 0 Å². The molecular weight excluding hydrogens is 357 g/mol. The molecule has 5 nitrogen and oxygen atoms in total. The van der Waals surface area contributed by atoms with Gasteiger partial charge in [-0.05, 0) is 31.2 Å². The lowest BCUT2D eigenvalue weighted by atomic mass is 10.0. The molecule has 0 bridgehead atoms. The van der Waals surface area contributed by atoms with Gasteiger partial charge in [-0.1, -0.05) is 12.1 Å². The van der Waals surface area contributed by atoms with E-state index in [1.54, 1.807) is 44.3 Å². The van der Waals surface area contributed by atoms with Crippen LogP contribution in [0.25, 0.3) is 16.8 Å². The third kappa shape index (κ3) is 3.84. The van der Waals surface area contributed by atoms with Crippen molar-refractivity contribution < 1.29 is 18.0 Å². The maximum Gasteiger partial charge on any atom is 0.416 e. The Morgan fingerprint density at radius 2 is 1.74 bits per heavy atom. The Kier molecular flexibility index (Phi) is 4.73. The van der Waals surface area contributed by atoms with E-state index in [1.165, 1.54) is 22.8 Å². The summed E-state index contributed by atoms with van der Waals surface area (Å²) in [4.78, 5) is 14.5. The molecule has 0 atom stereocenters. The summed E-state index contributed by atoms with van der Waals surface area (Å²) >= 11 is 0. The molecular formula is C19H17F3N4O. The van der Waals surface area contributed by atoms with Gasteiger partial charge >= 0.3 is 6.18 Å². The number of nitrogens with zero attached hydrogens (tertiary/aromatic N) is 4. The molecule has 0 saturated heterocycles. The Bertz CT molecular complexity index is 1020. The van der Waals surface area contributed by atoms with Gasteiger partial charge in [0, 0.05) is 31.9 Å². The number of aromatic nitrogens is 3. The number of ketones is 1. The molecule has 0 amide bonds. The fourth-order valence-corrected chi connectivity index (χ4v) is 2.59. The number of carbonyl (C=O) groups is 1. The zero-order valence-corrected chi connectivity index (χ0v) is 14.9. The second-order valence-electron chi connectivity index (χ2n) is 6.29. The highest BCUT2D eigenvalue weighted by atomic mass is 19.4. The van der Waals surface area contributed by atoms with E-state index in [2.05, 4.69) is 10.2 Å². The van der Waals surface area contributed by atoms with E-state index < -0.39 is 11.7 Å². The number of alkyl halides is 3. The molecule has 2 aromatic heterocycles. The molecule has 0 unspecified atom stereocenters. The molecule has 0 fully saturated rings. The molecule has 0 radical (unpaired) electrons. The van der Waals surface area contributed by atoms with Crippen molar-refractivity contribution in [2.24, 2.45) is 0 Å². The lowest BCUT2D eigenvalue weighted by Crippen LogP contribution is -2.05. The van der Waals surface area contributed by atoms with Gasteiger partial charge in [-0.3, -0.25) is 4.79 Å². The van der Waals surface area contributed by atoms with Crippen LogP contribution in [-0.4, -0.2) is 39.6 Å². The van der Waals surface area contributed by atoms with Gasteiger partial charge in [0.1, 0.15) is 5.69 Å². The molecule has 0 aliphatic carbocycles. The van der Waals surface area contributed by atoms with Crippen molar-refractivity contribution in [1.82, 2.24) is 19.7 Å². The topological polar surface area (TPSA) is 50.5 Å². The highest BCUT2D eigenvalue weighted by Gasteiger charge is 2.30. The normalized spacial score (nSPS) is 12.1. The van der Waals surface area contributed by atoms with Crippen LogP contribution in [0, 0.1) is 6.92 Å². The zero-order chi connectivity index (χ0) is 19.8. The molecule has 0 saturated carbocycles. The van der Waals surface area contributed by atoms with E-state index in [0.717, 1.165) is 12.1 Å². The first-order chi connectivity index (χ1) is 12.7. The van der Waals surface area contributed by atoms with Crippen LogP contribution in [0.4, 0.5) is 13.2 Å². The maximum absolute atomic E-state index is 12.8. The number of halogens is 3. The number of aryl methyl sites for hydroxylation is 1. The van der Waals surface area contributed by atoms with Crippen LogP contribution in [0.5, 0.6) is 0 Å². The van der Waals surface area contributed by atoms with E-state index in [9.17, 15) is 18.0 Å². The SMILES string of the molecule is Cc1ccc2c(C(=O)C=CN(C)C)c(-c3ccc(C(F)(F)F)cc3)nn2n1. The first-order valence-electron chi connectivity index (χ1n) is 8.10. The number of carbonyl (C=O) groups excluding carboxylic acids is 1. The Morgan fingerprint density at radius 1 is 1.07 bits per heavy atom. The fraction of sp³-hybridized carbons (Fsp3) is 0.211. The van der Waals surface area contributed by atoms with Crippen LogP contribution in [0.3, 0.4) is 0 Å². The predicted octanol–water partition coefficient (Wildman–Crippen LogP) is 3.98. The first kappa shape index (κ1) is 18.6. The van der Waals surface area contributed by atoms with E-state index in [0.29, 0.717) is 22.3 Å². The van der Waals surface area contributed by atoms with Crippen molar-refractivity contribution in [3.05, 3.63) is 65.5 Å². The van der Waals surface area contributed by atoms with Crippen LogP contribution in [-0.2, 0) is 6.18 Å². The second kappa shape index (κ2) is 6.86. The smallest absolute Gasteiger partial charge is 0.383 e. The first-order valence-corrected chi connectivity index (χ1v) is 8.10. The van der Waals surface area contributed by atoms with Gasteiger partial charge in [-0.15, -0.1) is 5.10 Å². The monoisotopic (exact) mass is 374 g/mol. The maximum atomic E-state index is 12.8. The van der Waals surface area contributed by atoms with Crippen molar-refractivity contribution in [3.63, 3.8) is 0 Å². The van der Waals surface area contributed by atoms with Gasteiger partial charge < -0.3 is 4.90 Å². The molecule has 140 valence electrons. The van der Waals surface area contributed by atoms with E-state index in [1.807, 2.05) is 0 Å². The largest absolute Gasteiger partial charge is 0.416 e. The van der Waals surface area contributed by atoms with Crippen LogP contribution in [0.2, 0.25) is 0 Å². The molecule has 1 aromatic carbocycles. The quantitative estimate of drug-likeness (QED) is 0.512. The third-order valence-electron chi connectivity index (χ3n) is 3.89. The van der Waals surface area contributed by atoms with E-state index in [-0.39, 0.29) is 11.5 Å². The van der Waals surface area contributed by atoms with Gasteiger partial charge in [0.05, 0.1) is 22.3 Å². The summed E-state index contributed by atoms with van der Waals surface area (Å²) in [5, 5.41) is 8.60.